The van der Waals surface area contributed by atoms with Gasteiger partial charge in [0, 0.05) is 68.5 Å². The molecule has 1 saturated heterocycles. The van der Waals surface area contributed by atoms with Crippen molar-refractivity contribution in [3.63, 3.8) is 0 Å². The first-order chi connectivity index (χ1) is 17.4. The molecule has 0 aliphatic carbocycles. The fourth-order valence-electron chi connectivity index (χ4n) is 4.61. The smallest absolute Gasteiger partial charge is 0.156 e. The van der Waals surface area contributed by atoms with Crippen LogP contribution in [-0.2, 0) is 17.8 Å². The molecule has 1 atom stereocenters. The number of anilines is 1. The van der Waals surface area contributed by atoms with Gasteiger partial charge in [-0.3, -0.25) is 20.2 Å². The third-order valence-electron chi connectivity index (χ3n) is 6.60. The van der Waals surface area contributed by atoms with Gasteiger partial charge in [0.15, 0.2) is 5.82 Å². The number of imidazole rings is 1. The molecule has 2 aromatic heterocycles. The monoisotopic (exact) mass is 529 g/mol. The van der Waals surface area contributed by atoms with Gasteiger partial charge < -0.3 is 20.2 Å². The van der Waals surface area contributed by atoms with Crippen molar-refractivity contribution in [3.8, 4) is 5.75 Å². The second kappa shape index (κ2) is 10.7. The van der Waals surface area contributed by atoms with Crippen molar-refractivity contribution in [1.29, 1.82) is 5.41 Å². The first-order valence-corrected chi connectivity index (χ1v) is 12.7. The predicted octanol–water partition coefficient (Wildman–Crippen LogP) is 3.90. The molecule has 190 valence electrons. The van der Waals surface area contributed by atoms with E-state index in [9.17, 15) is 0 Å². The molecule has 4 heterocycles. The van der Waals surface area contributed by atoms with Gasteiger partial charge in [-0.25, -0.2) is 4.98 Å². The topological polar surface area (TPSA) is 116 Å². The number of aromatic amines is 1. The molecule has 1 fully saturated rings. The highest BCUT2D eigenvalue weighted by atomic mass is 35.5. The largest absolute Gasteiger partial charge is 0.486 e. The Morgan fingerprint density at radius 2 is 1.89 bits per heavy atom. The number of nitrogens with two attached hydrogens (primary N) is 1. The van der Waals surface area contributed by atoms with Crippen molar-refractivity contribution >= 4 is 34.6 Å². The molecule has 2 aliphatic rings. The summed E-state index contributed by atoms with van der Waals surface area (Å²) < 4.78 is 11.5. The lowest BCUT2D eigenvalue weighted by molar-refractivity contribution is 0.0331. The van der Waals surface area contributed by atoms with E-state index in [1.807, 2.05) is 6.92 Å². The Kier molecular flexibility index (Phi) is 7.45. The summed E-state index contributed by atoms with van der Waals surface area (Å²) >= 11 is 12.6. The molecular formula is C25H29Cl2N7O2. The minimum Gasteiger partial charge on any atom is -0.486 e. The van der Waals surface area contributed by atoms with Crippen LogP contribution < -0.4 is 10.5 Å². The number of nitrogens with zero attached hydrogens (tertiary/aromatic N) is 4. The van der Waals surface area contributed by atoms with Gasteiger partial charge in [0.2, 0.25) is 0 Å². The fourth-order valence-corrected chi connectivity index (χ4v) is 5.28. The maximum absolute atomic E-state index is 8.79. The third kappa shape index (κ3) is 5.35. The van der Waals surface area contributed by atoms with Crippen LogP contribution in [0, 0.1) is 5.41 Å². The maximum Gasteiger partial charge on any atom is 0.156 e. The normalized spacial score (nSPS) is 17.2. The van der Waals surface area contributed by atoms with Crippen molar-refractivity contribution in [2.75, 3.05) is 45.1 Å². The number of pyridine rings is 1. The number of ether oxygens (including phenoxy) is 2. The minimum absolute atomic E-state index is 0.222. The minimum atomic E-state index is -0.422. The summed E-state index contributed by atoms with van der Waals surface area (Å²) in [6.45, 7) is 9.03. The molecule has 9 nitrogen and oxygen atoms in total. The Labute approximate surface area is 220 Å². The fraction of sp³-hybridized carbons (Fsp3) is 0.400. The van der Waals surface area contributed by atoms with Gasteiger partial charge >= 0.3 is 0 Å². The van der Waals surface area contributed by atoms with Crippen molar-refractivity contribution < 1.29 is 9.47 Å². The lowest BCUT2D eigenvalue weighted by atomic mass is 10.1. The molecule has 0 bridgehead atoms. The van der Waals surface area contributed by atoms with Gasteiger partial charge in [-0.1, -0.05) is 23.2 Å². The molecule has 0 saturated carbocycles. The van der Waals surface area contributed by atoms with Crippen LogP contribution in [0.3, 0.4) is 0 Å². The molecule has 11 heteroatoms. The molecule has 2 aliphatic heterocycles. The van der Waals surface area contributed by atoms with E-state index in [-0.39, 0.29) is 5.71 Å². The van der Waals surface area contributed by atoms with Crippen LogP contribution in [0.15, 0.2) is 30.6 Å². The van der Waals surface area contributed by atoms with Crippen LogP contribution in [0.1, 0.15) is 41.4 Å². The molecule has 0 radical (unpaired) electrons. The number of rotatable bonds is 8. The number of hydrogen-bond acceptors (Lipinski definition) is 8. The van der Waals surface area contributed by atoms with Crippen LogP contribution >= 0.6 is 23.2 Å². The van der Waals surface area contributed by atoms with Crippen molar-refractivity contribution in [2.45, 2.75) is 26.1 Å². The highest BCUT2D eigenvalue weighted by Crippen LogP contribution is 2.33. The molecule has 5 rings (SSSR count). The second-order valence-corrected chi connectivity index (χ2v) is 9.89. The summed E-state index contributed by atoms with van der Waals surface area (Å²) in [6, 6.07) is 5.24. The van der Waals surface area contributed by atoms with Crippen LogP contribution in [-0.4, -0.2) is 69.9 Å². The number of aromatic nitrogens is 3. The molecular weight excluding hydrogens is 501 g/mol. The zero-order valence-electron chi connectivity index (χ0n) is 20.1. The van der Waals surface area contributed by atoms with E-state index >= 15 is 0 Å². The quantitative estimate of drug-likeness (QED) is 0.299. The van der Waals surface area contributed by atoms with E-state index in [0.29, 0.717) is 38.4 Å². The number of benzene rings is 1. The Morgan fingerprint density at radius 1 is 1.17 bits per heavy atom. The molecule has 0 spiro atoms. The van der Waals surface area contributed by atoms with Gasteiger partial charge in [0.25, 0.3) is 0 Å². The molecule has 36 heavy (non-hydrogen) atoms. The highest BCUT2D eigenvalue weighted by molar-refractivity contribution is 6.35. The molecule has 1 aromatic carbocycles. The van der Waals surface area contributed by atoms with E-state index in [4.69, 9.17) is 48.8 Å². The van der Waals surface area contributed by atoms with Crippen molar-refractivity contribution in [3.05, 3.63) is 69.0 Å². The van der Waals surface area contributed by atoms with Gasteiger partial charge in [0.05, 0.1) is 34.6 Å². The number of hydrogen-bond donors (Lipinski definition) is 3. The van der Waals surface area contributed by atoms with Gasteiger partial charge in [-0.05, 0) is 25.1 Å². The number of halogens is 2. The van der Waals surface area contributed by atoms with E-state index in [0.717, 1.165) is 63.9 Å². The third-order valence-corrected chi connectivity index (χ3v) is 7.20. The lowest BCUT2D eigenvalue weighted by Gasteiger charge is -2.28. The predicted molar refractivity (Wildman–Crippen MR) is 140 cm³/mol. The van der Waals surface area contributed by atoms with Gasteiger partial charge in [-0.15, -0.1) is 0 Å². The molecule has 4 N–H and O–H groups in total. The van der Waals surface area contributed by atoms with Gasteiger partial charge in [-0.2, -0.15) is 0 Å². The summed E-state index contributed by atoms with van der Waals surface area (Å²) in [5.41, 5.74) is 10.2. The average molecular weight is 530 g/mol. The molecule has 0 amide bonds. The summed E-state index contributed by atoms with van der Waals surface area (Å²) in [7, 11) is 0. The number of nitrogen functional groups attached to an aromatic ring is 1. The second-order valence-electron chi connectivity index (χ2n) is 9.08. The number of fused-ring (bicyclic) bond motifs is 1. The van der Waals surface area contributed by atoms with Crippen LogP contribution in [0.2, 0.25) is 10.0 Å². The van der Waals surface area contributed by atoms with Crippen LogP contribution in [0.4, 0.5) is 5.69 Å². The Hall–Kier alpha value is -2.69. The van der Waals surface area contributed by atoms with Gasteiger partial charge in [0.1, 0.15) is 17.6 Å². The van der Waals surface area contributed by atoms with E-state index < -0.39 is 6.10 Å². The first kappa shape index (κ1) is 25.0. The van der Waals surface area contributed by atoms with E-state index in [1.54, 1.807) is 18.2 Å². The summed E-state index contributed by atoms with van der Waals surface area (Å²) in [5, 5.41) is 9.65. The Bertz CT molecular complexity index is 1220. The van der Waals surface area contributed by atoms with Crippen LogP contribution in [0.25, 0.3) is 0 Å². The van der Waals surface area contributed by atoms with Crippen molar-refractivity contribution in [1.82, 2.24) is 24.8 Å². The van der Waals surface area contributed by atoms with Crippen molar-refractivity contribution in [2.24, 2.45) is 0 Å². The average Bonchev–Trinajstić information content (AvgIpc) is 3.43. The summed E-state index contributed by atoms with van der Waals surface area (Å²) in [5.74, 6) is 1.05. The van der Waals surface area contributed by atoms with E-state index in [1.165, 1.54) is 12.4 Å². The summed E-state index contributed by atoms with van der Waals surface area (Å²) in [6.07, 6.45) is 2.65. The number of nitrogens with one attached hydrogen (secondary N) is 2. The number of morpholine rings is 1. The maximum atomic E-state index is 8.79. The zero-order chi connectivity index (χ0) is 25.2. The summed E-state index contributed by atoms with van der Waals surface area (Å²) in [4.78, 5) is 16.9. The number of H-pyrrole nitrogens is 1. The highest BCUT2D eigenvalue weighted by Gasteiger charge is 2.26. The lowest BCUT2D eigenvalue weighted by Crippen LogP contribution is -2.40. The Balaban J connectivity index is 1.25. The first-order valence-electron chi connectivity index (χ1n) is 11.9. The molecule has 3 aromatic rings. The molecule has 1 unspecified atom stereocenters. The van der Waals surface area contributed by atoms with Crippen LogP contribution in [0.5, 0.6) is 5.75 Å². The SMILES string of the molecule is CC(Oc1ccc(N)c(C(=N)c2nc3c([nH]2)CN(CCN2CCOCC2)C3)c1)c1c(Cl)cncc1Cl. The Morgan fingerprint density at radius 3 is 2.61 bits per heavy atom. The van der Waals surface area contributed by atoms with E-state index in [2.05, 4.69) is 19.8 Å². The zero-order valence-corrected chi connectivity index (χ0v) is 21.6. The standard InChI is InChI=1S/C25H29Cl2N7O2/c1-15(23-18(26)11-30-12-19(23)27)36-16-2-3-20(28)17(10-16)24(29)25-31-21-13-34(14-22(21)32-25)5-4-33-6-8-35-9-7-33/h2-3,10-12,15,29H,4-9,13-14,28H2,1H3,(H,31,32).